The van der Waals surface area contributed by atoms with E-state index in [2.05, 4.69) is 17.0 Å². The van der Waals surface area contributed by atoms with Gasteiger partial charge in [-0.05, 0) is 12.7 Å². The fourth-order valence-corrected chi connectivity index (χ4v) is 1.91. The predicted octanol–water partition coefficient (Wildman–Crippen LogP) is 2.08. The maximum absolute atomic E-state index is 4.27. The third-order valence-electron chi connectivity index (χ3n) is 1.68. The molecule has 0 fully saturated rings. The van der Waals surface area contributed by atoms with Crippen molar-refractivity contribution in [1.29, 1.82) is 0 Å². The largest absolute Gasteiger partial charge is 0.296 e. The number of aromatic nitrogens is 3. The Bertz CT molecular complexity index is 388. The van der Waals surface area contributed by atoms with Crippen molar-refractivity contribution in [2.75, 3.05) is 5.75 Å². The summed E-state index contributed by atoms with van der Waals surface area (Å²) >= 11 is 1.79. The van der Waals surface area contributed by atoms with Gasteiger partial charge in [-0.15, -0.1) is 11.8 Å². The molecule has 0 aliphatic carbocycles. The van der Waals surface area contributed by atoms with Gasteiger partial charge in [-0.25, -0.2) is 9.50 Å². The Kier molecular flexibility index (Phi) is 1.84. The van der Waals surface area contributed by atoms with Crippen LogP contribution in [-0.4, -0.2) is 20.4 Å². The normalized spacial score (nSPS) is 11.2. The van der Waals surface area contributed by atoms with Crippen molar-refractivity contribution in [3.8, 4) is 0 Å². The molecule has 0 unspecified atom stereocenters. The zero-order valence-corrected chi connectivity index (χ0v) is 7.98. The van der Waals surface area contributed by atoms with Crippen LogP contribution in [0.5, 0.6) is 0 Å². The van der Waals surface area contributed by atoms with E-state index < -0.39 is 0 Å². The summed E-state index contributed by atoms with van der Waals surface area (Å²) in [4.78, 5) is 4.27. The third kappa shape index (κ3) is 1.12. The van der Waals surface area contributed by atoms with Gasteiger partial charge in [-0.3, -0.25) is 5.10 Å². The first-order valence-electron chi connectivity index (χ1n) is 3.97. The summed E-state index contributed by atoms with van der Waals surface area (Å²) in [6.45, 7) is 4.18. The predicted molar refractivity (Wildman–Crippen MR) is 50.7 cm³/mol. The van der Waals surface area contributed by atoms with Crippen LogP contribution in [0.15, 0.2) is 17.3 Å². The van der Waals surface area contributed by atoms with Gasteiger partial charge >= 0.3 is 0 Å². The number of aryl methyl sites for hydroxylation is 1. The number of fused-ring (bicyclic) bond motifs is 1. The van der Waals surface area contributed by atoms with Crippen LogP contribution in [0.2, 0.25) is 0 Å². The second kappa shape index (κ2) is 2.86. The maximum atomic E-state index is 4.27. The number of rotatable bonds is 2. The maximum Gasteiger partial charge on any atom is 0.154 e. The van der Waals surface area contributed by atoms with Crippen LogP contribution in [-0.2, 0) is 0 Å². The van der Waals surface area contributed by atoms with Gasteiger partial charge < -0.3 is 0 Å². The highest BCUT2D eigenvalue weighted by Gasteiger charge is 2.03. The Labute approximate surface area is 75.2 Å². The van der Waals surface area contributed by atoms with E-state index in [-0.39, 0.29) is 0 Å². The van der Waals surface area contributed by atoms with Crippen LogP contribution >= 0.6 is 11.8 Å². The van der Waals surface area contributed by atoms with Gasteiger partial charge in [0.25, 0.3) is 0 Å². The average Bonchev–Trinajstić information content (AvgIpc) is 2.52. The lowest BCUT2D eigenvalue weighted by Gasteiger charge is -1.93. The van der Waals surface area contributed by atoms with E-state index in [1.807, 2.05) is 23.7 Å². The van der Waals surface area contributed by atoms with Crippen LogP contribution in [0.3, 0.4) is 0 Å². The quantitative estimate of drug-likeness (QED) is 0.719. The summed E-state index contributed by atoms with van der Waals surface area (Å²) in [7, 11) is 0. The molecule has 0 saturated carbocycles. The molecule has 0 aromatic carbocycles. The van der Waals surface area contributed by atoms with Gasteiger partial charge in [0, 0.05) is 11.8 Å². The first kappa shape index (κ1) is 7.73. The first-order chi connectivity index (χ1) is 5.81. The van der Waals surface area contributed by atoms with Crippen molar-refractivity contribution in [3.05, 3.63) is 18.0 Å². The van der Waals surface area contributed by atoms with Gasteiger partial charge in [0.2, 0.25) is 0 Å². The number of aromatic amines is 1. The summed E-state index contributed by atoms with van der Waals surface area (Å²) in [6, 6.07) is 2.04. The summed E-state index contributed by atoms with van der Waals surface area (Å²) in [5.74, 6) is 1.08. The number of hydrogen-bond acceptors (Lipinski definition) is 2. The standard InChI is InChI=1S/C8H11N3S/c1-3-12-8-5-9-7-4-6(2)10-11(7)8/h4-5,10H,3H2,1-2H3. The molecule has 0 aliphatic rings. The minimum atomic E-state index is 1.00. The van der Waals surface area contributed by atoms with Crippen LogP contribution in [0.25, 0.3) is 5.65 Å². The second-order valence-corrected chi connectivity index (χ2v) is 3.95. The van der Waals surface area contributed by atoms with Crippen molar-refractivity contribution in [1.82, 2.24) is 14.6 Å². The number of nitrogens with one attached hydrogen (secondary N) is 1. The van der Waals surface area contributed by atoms with E-state index in [9.17, 15) is 0 Å². The summed E-state index contributed by atoms with van der Waals surface area (Å²) in [5, 5.41) is 4.41. The van der Waals surface area contributed by atoms with Gasteiger partial charge in [-0.2, -0.15) is 0 Å². The lowest BCUT2D eigenvalue weighted by atomic mass is 10.5. The number of nitrogens with zero attached hydrogens (tertiary/aromatic N) is 2. The number of imidazole rings is 1. The number of hydrogen-bond donors (Lipinski definition) is 1. The molecule has 64 valence electrons. The van der Waals surface area contributed by atoms with Crippen molar-refractivity contribution in [2.45, 2.75) is 18.9 Å². The fraction of sp³-hybridized carbons (Fsp3) is 0.375. The lowest BCUT2D eigenvalue weighted by molar-refractivity contribution is 0.863. The zero-order valence-electron chi connectivity index (χ0n) is 7.16. The lowest BCUT2D eigenvalue weighted by Crippen LogP contribution is -1.86. The zero-order chi connectivity index (χ0) is 8.55. The Balaban J connectivity index is 2.53. The van der Waals surface area contributed by atoms with Crippen LogP contribution in [0.4, 0.5) is 0 Å². The molecule has 2 aromatic rings. The molecule has 1 N–H and O–H groups in total. The summed E-state index contributed by atoms with van der Waals surface area (Å²) < 4.78 is 2.02. The molecule has 3 nitrogen and oxygen atoms in total. The highest BCUT2D eigenvalue weighted by Crippen LogP contribution is 2.18. The van der Waals surface area contributed by atoms with Gasteiger partial charge in [0.1, 0.15) is 5.03 Å². The van der Waals surface area contributed by atoms with E-state index in [0.29, 0.717) is 0 Å². The number of H-pyrrole nitrogens is 1. The molecule has 2 aromatic heterocycles. The van der Waals surface area contributed by atoms with E-state index in [1.54, 1.807) is 11.8 Å². The first-order valence-corrected chi connectivity index (χ1v) is 4.95. The molecule has 0 saturated heterocycles. The molecular formula is C8H11N3S. The molecule has 12 heavy (non-hydrogen) atoms. The van der Waals surface area contributed by atoms with Crippen molar-refractivity contribution >= 4 is 17.4 Å². The second-order valence-electron chi connectivity index (χ2n) is 2.66. The Morgan fingerprint density at radius 3 is 3.25 bits per heavy atom. The molecule has 0 spiro atoms. The van der Waals surface area contributed by atoms with Gasteiger partial charge in [0.05, 0.1) is 6.20 Å². The van der Waals surface area contributed by atoms with Crippen molar-refractivity contribution in [3.63, 3.8) is 0 Å². The monoisotopic (exact) mass is 181 g/mol. The minimum absolute atomic E-state index is 1.00. The average molecular weight is 181 g/mol. The minimum Gasteiger partial charge on any atom is -0.296 e. The molecule has 0 aliphatic heterocycles. The van der Waals surface area contributed by atoms with Gasteiger partial charge in [0.15, 0.2) is 5.65 Å². The fourth-order valence-electron chi connectivity index (χ4n) is 1.22. The number of thioether (sulfide) groups is 1. The molecule has 2 rings (SSSR count). The summed E-state index contributed by atoms with van der Waals surface area (Å²) in [5.41, 5.74) is 2.15. The van der Waals surface area contributed by atoms with Crippen LogP contribution < -0.4 is 0 Å². The van der Waals surface area contributed by atoms with Crippen molar-refractivity contribution < 1.29 is 0 Å². The highest BCUT2D eigenvalue weighted by atomic mass is 32.2. The third-order valence-corrected chi connectivity index (χ3v) is 2.56. The molecule has 0 atom stereocenters. The van der Waals surface area contributed by atoms with Gasteiger partial charge in [-0.1, -0.05) is 6.92 Å². The van der Waals surface area contributed by atoms with E-state index in [1.165, 1.54) is 5.03 Å². The smallest absolute Gasteiger partial charge is 0.154 e. The van der Waals surface area contributed by atoms with E-state index >= 15 is 0 Å². The Morgan fingerprint density at radius 2 is 2.50 bits per heavy atom. The molecular weight excluding hydrogens is 170 g/mol. The van der Waals surface area contributed by atoms with Crippen LogP contribution in [0.1, 0.15) is 12.6 Å². The molecule has 0 bridgehead atoms. The molecule has 2 heterocycles. The van der Waals surface area contributed by atoms with Crippen LogP contribution in [0, 0.1) is 6.92 Å². The molecule has 4 heteroatoms. The molecule has 0 radical (unpaired) electrons. The topological polar surface area (TPSA) is 33.1 Å². The Morgan fingerprint density at radius 1 is 1.67 bits per heavy atom. The van der Waals surface area contributed by atoms with E-state index in [0.717, 1.165) is 17.1 Å². The van der Waals surface area contributed by atoms with Crippen molar-refractivity contribution in [2.24, 2.45) is 0 Å². The SMILES string of the molecule is CCSc1cnc2cc(C)[nH]n12. The van der Waals surface area contributed by atoms with E-state index in [4.69, 9.17) is 0 Å². The highest BCUT2D eigenvalue weighted by molar-refractivity contribution is 7.99. The molecule has 0 amide bonds. The Hall–Kier alpha value is -0.900. The summed E-state index contributed by atoms with van der Waals surface area (Å²) in [6.07, 6.45) is 1.90.